The van der Waals surface area contributed by atoms with E-state index in [1.807, 2.05) is 23.6 Å². The van der Waals surface area contributed by atoms with Crippen molar-refractivity contribution in [3.05, 3.63) is 58.0 Å². The van der Waals surface area contributed by atoms with Gasteiger partial charge >= 0.3 is 6.03 Å². The molecule has 2 amide bonds. The van der Waals surface area contributed by atoms with Gasteiger partial charge in [-0.3, -0.25) is 0 Å². The van der Waals surface area contributed by atoms with Crippen molar-refractivity contribution in [1.82, 2.24) is 10.2 Å². The maximum absolute atomic E-state index is 13.3. The molecule has 1 aromatic carbocycles. The van der Waals surface area contributed by atoms with Gasteiger partial charge in [-0.05, 0) is 29.1 Å². The first-order valence-electron chi connectivity index (χ1n) is 7.14. The molecule has 0 spiro atoms. The number of carbonyl (C=O) groups is 1. The van der Waals surface area contributed by atoms with Crippen molar-refractivity contribution in [3.63, 3.8) is 0 Å². The summed E-state index contributed by atoms with van der Waals surface area (Å²) in [5, 5.41) is 4.89. The van der Waals surface area contributed by atoms with Crippen LogP contribution in [-0.2, 0) is 11.3 Å². The minimum absolute atomic E-state index is 0.113. The quantitative estimate of drug-likeness (QED) is 0.944. The maximum atomic E-state index is 13.3. The SMILES string of the molecule is O=C(NCc1cccs1)N1CCO[C@@H](c2cccc(F)c2)C1. The Bertz CT molecular complexity index is 633. The Morgan fingerprint density at radius 3 is 3.09 bits per heavy atom. The number of benzene rings is 1. The summed E-state index contributed by atoms with van der Waals surface area (Å²) in [7, 11) is 0. The van der Waals surface area contributed by atoms with Crippen molar-refractivity contribution in [3.8, 4) is 0 Å². The zero-order valence-corrected chi connectivity index (χ0v) is 12.8. The van der Waals surface area contributed by atoms with Crippen LogP contribution in [0.5, 0.6) is 0 Å². The first-order valence-corrected chi connectivity index (χ1v) is 8.02. The Balaban J connectivity index is 1.59. The van der Waals surface area contributed by atoms with E-state index in [0.29, 0.717) is 26.2 Å². The zero-order chi connectivity index (χ0) is 15.4. The van der Waals surface area contributed by atoms with Gasteiger partial charge in [-0.2, -0.15) is 0 Å². The van der Waals surface area contributed by atoms with Crippen molar-refractivity contribution < 1.29 is 13.9 Å². The summed E-state index contributed by atoms with van der Waals surface area (Å²) in [5.74, 6) is -0.291. The van der Waals surface area contributed by atoms with E-state index in [9.17, 15) is 9.18 Å². The summed E-state index contributed by atoms with van der Waals surface area (Å²) >= 11 is 1.61. The lowest BCUT2D eigenvalue weighted by molar-refractivity contribution is -0.0156. The Hall–Kier alpha value is -1.92. The van der Waals surface area contributed by atoms with Crippen LogP contribution in [0, 0.1) is 5.82 Å². The van der Waals surface area contributed by atoms with E-state index in [-0.39, 0.29) is 18.0 Å². The van der Waals surface area contributed by atoms with Gasteiger partial charge in [-0.1, -0.05) is 18.2 Å². The summed E-state index contributed by atoms with van der Waals surface area (Å²) in [6, 6.07) is 10.2. The molecule has 1 aliphatic heterocycles. The van der Waals surface area contributed by atoms with E-state index in [0.717, 1.165) is 10.4 Å². The van der Waals surface area contributed by atoms with Gasteiger partial charge in [0.15, 0.2) is 0 Å². The molecule has 1 aromatic heterocycles. The van der Waals surface area contributed by atoms with Gasteiger partial charge in [0.05, 0.1) is 19.7 Å². The average Bonchev–Trinajstić information content (AvgIpc) is 3.06. The Morgan fingerprint density at radius 2 is 2.32 bits per heavy atom. The molecule has 1 N–H and O–H groups in total. The number of nitrogens with zero attached hydrogens (tertiary/aromatic N) is 1. The second-order valence-corrected chi connectivity index (χ2v) is 6.13. The fraction of sp³-hybridized carbons (Fsp3) is 0.312. The highest BCUT2D eigenvalue weighted by molar-refractivity contribution is 7.09. The molecule has 22 heavy (non-hydrogen) atoms. The van der Waals surface area contributed by atoms with Gasteiger partial charge in [0, 0.05) is 11.4 Å². The number of urea groups is 1. The summed E-state index contributed by atoms with van der Waals surface area (Å²) in [5.41, 5.74) is 0.760. The third-order valence-electron chi connectivity index (χ3n) is 3.57. The van der Waals surface area contributed by atoms with Crippen molar-refractivity contribution in [2.45, 2.75) is 12.6 Å². The number of hydrogen-bond acceptors (Lipinski definition) is 3. The lowest BCUT2D eigenvalue weighted by Crippen LogP contribution is -2.46. The third kappa shape index (κ3) is 3.64. The van der Waals surface area contributed by atoms with Crippen molar-refractivity contribution in [2.24, 2.45) is 0 Å². The minimum atomic E-state index is -0.291. The lowest BCUT2D eigenvalue weighted by atomic mass is 10.1. The maximum Gasteiger partial charge on any atom is 0.317 e. The smallest absolute Gasteiger partial charge is 0.317 e. The van der Waals surface area contributed by atoms with Crippen molar-refractivity contribution >= 4 is 17.4 Å². The number of amides is 2. The molecule has 0 aliphatic carbocycles. The molecule has 0 bridgehead atoms. The molecule has 116 valence electrons. The number of nitrogens with one attached hydrogen (secondary N) is 1. The highest BCUT2D eigenvalue weighted by atomic mass is 32.1. The molecule has 2 heterocycles. The molecule has 1 atom stereocenters. The van der Waals surface area contributed by atoms with Gasteiger partial charge < -0.3 is 15.0 Å². The van der Waals surface area contributed by atoms with E-state index < -0.39 is 0 Å². The summed E-state index contributed by atoms with van der Waals surface area (Å²) < 4.78 is 19.0. The number of rotatable bonds is 3. The van der Waals surface area contributed by atoms with Crippen LogP contribution in [-0.4, -0.2) is 30.6 Å². The molecule has 1 saturated heterocycles. The molecular weight excluding hydrogens is 303 g/mol. The number of ether oxygens (including phenoxy) is 1. The van der Waals surface area contributed by atoms with Crippen LogP contribution in [0.2, 0.25) is 0 Å². The van der Waals surface area contributed by atoms with Crippen LogP contribution in [0.1, 0.15) is 16.5 Å². The predicted octanol–water partition coefficient (Wildman–Crippen LogP) is 3.17. The van der Waals surface area contributed by atoms with Crippen LogP contribution >= 0.6 is 11.3 Å². The largest absolute Gasteiger partial charge is 0.370 e. The highest BCUT2D eigenvalue weighted by Gasteiger charge is 2.25. The number of carbonyl (C=O) groups excluding carboxylic acids is 1. The van der Waals surface area contributed by atoms with Crippen molar-refractivity contribution in [2.75, 3.05) is 19.7 Å². The standard InChI is InChI=1S/C16H17FN2O2S/c17-13-4-1-3-12(9-13)15-11-19(6-7-21-15)16(20)18-10-14-5-2-8-22-14/h1-5,8-9,15H,6-7,10-11H2,(H,18,20)/t15-/m1/s1. The molecule has 2 aromatic rings. The second kappa shape index (κ2) is 6.89. The van der Waals surface area contributed by atoms with E-state index in [1.54, 1.807) is 22.3 Å². The zero-order valence-electron chi connectivity index (χ0n) is 12.0. The number of thiophene rings is 1. The van der Waals surface area contributed by atoms with Gasteiger partial charge in [0.2, 0.25) is 0 Å². The van der Waals surface area contributed by atoms with Crippen LogP contribution < -0.4 is 5.32 Å². The summed E-state index contributed by atoms with van der Waals surface area (Å²) in [4.78, 5) is 15.1. The van der Waals surface area contributed by atoms with Crippen LogP contribution in [0.3, 0.4) is 0 Å². The van der Waals surface area contributed by atoms with E-state index in [1.165, 1.54) is 12.1 Å². The monoisotopic (exact) mass is 320 g/mol. The first-order chi connectivity index (χ1) is 10.7. The summed E-state index contributed by atoms with van der Waals surface area (Å²) in [6.07, 6.45) is -0.281. The van der Waals surface area contributed by atoms with Crippen LogP contribution in [0.15, 0.2) is 41.8 Å². The first kappa shape index (κ1) is 15.0. The van der Waals surface area contributed by atoms with E-state index >= 15 is 0 Å². The predicted molar refractivity (Wildman–Crippen MR) is 83.2 cm³/mol. The Morgan fingerprint density at radius 1 is 1.41 bits per heavy atom. The molecular formula is C16H17FN2O2S. The second-order valence-electron chi connectivity index (χ2n) is 5.10. The molecule has 0 unspecified atom stereocenters. The molecule has 4 nitrogen and oxygen atoms in total. The topological polar surface area (TPSA) is 41.6 Å². The lowest BCUT2D eigenvalue weighted by Gasteiger charge is -2.33. The minimum Gasteiger partial charge on any atom is -0.370 e. The number of morpholine rings is 1. The van der Waals surface area contributed by atoms with Crippen LogP contribution in [0.4, 0.5) is 9.18 Å². The third-order valence-corrected chi connectivity index (χ3v) is 4.44. The molecule has 1 aliphatic rings. The number of halogens is 1. The van der Waals surface area contributed by atoms with Gasteiger partial charge in [0.1, 0.15) is 11.9 Å². The average molecular weight is 320 g/mol. The van der Waals surface area contributed by atoms with E-state index in [4.69, 9.17) is 4.74 Å². The van der Waals surface area contributed by atoms with Crippen molar-refractivity contribution in [1.29, 1.82) is 0 Å². The van der Waals surface area contributed by atoms with Gasteiger partial charge in [0.25, 0.3) is 0 Å². The van der Waals surface area contributed by atoms with Gasteiger partial charge in [-0.25, -0.2) is 9.18 Å². The van der Waals surface area contributed by atoms with E-state index in [2.05, 4.69) is 5.32 Å². The normalized spacial score (nSPS) is 18.2. The molecule has 1 fully saturated rings. The van der Waals surface area contributed by atoms with Gasteiger partial charge in [-0.15, -0.1) is 11.3 Å². The fourth-order valence-corrected chi connectivity index (χ4v) is 3.07. The Labute approximate surface area is 132 Å². The molecule has 0 saturated carbocycles. The fourth-order valence-electron chi connectivity index (χ4n) is 2.43. The highest BCUT2D eigenvalue weighted by Crippen LogP contribution is 2.22. The molecule has 0 radical (unpaired) electrons. The number of hydrogen-bond donors (Lipinski definition) is 1. The molecule has 6 heteroatoms. The van der Waals surface area contributed by atoms with Crippen LogP contribution in [0.25, 0.3) is 0 Å². The summed E-state index contributed by atoms with van der Waals surface area (Å²) in [6.45, 7) is 1.95. The Kier molecular flexibility index (Phi) is 4.70. The molecule has 3 rings (SSSR count).